The van der Waals surface area contributed by atoms with Crippen molar-refractivity contribution in [2.75, 3.05) is 0 Å². The Morgan fingerprint density at radius 3 is 0.177 bits per heavy atom. The molecule has 0 unspecified atom stereocenters. The third-order valence-corrected chi connectivity index (χ3v) is 140. The van der Waals surface area contributed by atoms with Crippen molar-refractivity contribution in [3.8, 4) is 0 Å². The Morgan fingerprint density at radius 1 is 0.145 bits per heavy atom. The van der Waals surface area contributed by atoms with Crippen molar-refractivity contribution in [3.05, 3.63) is 0 Å². The Bertz CT molecular complexity index is 813. The van der Waals surface area contributed by atoms with E-state index >= 15 is 0 Å². The molecule has 370 valence electrons. The van der Waals surface area contributed by atoms with Gasteiger partial charge in [0.25, 0.3) is 0 Å². The van der Waals surface area contributed by atoms with Crippen LogP contribution in [0.5, 0.6) is 0 Å². The van der Waals surface area contributed by atoms with Crippen LogP contribution in [0.3, 0.4) is 0 Å². The molecule has 0 rings (SSSR count). The molecule has 0 nitrogen and oxygen atoms in total. The molecule has 0 atom stereocenters. The van der Waals surface area contributed by atoms with Gasteiger partial charge >= 0.3 is 489 Å². The first kappa shape index (κ1) is 87.8. The topological polar surface area (TPSA) is 0 Å². The summed E-state index contributed by atoms with van der Waals surface area (Å²) in [4.78, 5) is 0. The molecule has 0 saturated heterocycles. The van der Waals surface area contributed by atoms with E-state index in [9.17, 15) is 0 Å². The van der Waals surface area contributed by atoms with Crippen molar-refractivity contribution in [1.29, 1.82) is 0 Å². The Balaban J connectivity index is -0.0000000935. The minimum atomic E-state index is -0.812. The Morgan fingerprint density at radius 2 is 0.177 bits per heavy atom. The van der Waals surface area contributed by atoms with Crippen molar-refractivity contribution in [2.24, 2.45) is 0 Å². The van der Waals surface area contributed by atoms with E-state index in [2.05, 4.69) is 374 Å². The maximum Gasteiger partial charge on any atom is 0 e. The van der Waals surface area contributed by atoms with Gasteiger partial charge in [-0.15, -0.1) is 0 Å². The molecule has 18 radical (unpaired) electrons. The van der Waals surface area contributed by atoms with Crippen molar-refractivity contribution in [1.82, 2.24) is 0 Å². The number of hydrogen-bond acceptors (Lipinski definition) is 0. The molecule has 0 heterocycles. The van der Waals surface area contributed by atoms with Crippen molar-refractivity contribution >= 4 is 284 Å². The second-order valence-corrected chi connectivity index (χ2v) is 124. The largest absolute Gasteiger partial charge is 0 e. The van der Waals surface area contributed by atoms with Crippen LogP contribution < -0.4 is 0 Å². The first-order valence-electron chi connectivity index (χ1n) is 23.0. The van der Waals surface area contributed by atoms with Crippen LogP contribution in [0.2, 0.25) is 254 Å². The first-order valence-corrected chi connectivity index (χ1v) is 74.8. The summed E-state index contributed by atoms with van der Waals surface area (Å²) in [7, 11) is -9.74. The maximum absolute atomic E-state index is 2.49. The van der Waals surface area contributed by atoms with Crippen LogP contribution in [0, 0.1) is 0 Å². The van der Waals surface area contributed by atoms with Gasteiger partial charge in [0.1, 0.15) is 0 Å². The number of rotatable bonds is 12. The van der Waals surface area contributed by atoms with E-state index in [0.717, 1.165) is 18.7 Å². The molecule has 20 heteroatoms. The summed E-state index contributed by atoms with van der Waals surface area (Å²) in [6.45, 7) is 89.8. The van der Waals surface area contributed by atoms with Gasteiger partial charge in [-0.3, -0.25) is 0 Å². The molecular formula is C42H114Sb8Si12. The van der Waals surface area contributed by atoms with Crippen LogP contribution >= 0.6 is 0 Å². The summed E-state index contributed by atoms with van der Waals surface area (Å²) < 4.78 is 6.55. The van der Waals surface area contributed by atoms with Crippen molar-refractivity contribution in [3.63, 3.8) is 0 Å². The smallest absolute Gasteiger partial charge is 0 e. The maximum atomic E-state index is 2.49. The zero-order chi connectivity index (χ0) is 51.5. The zero-order valence-electron chi connectivity index (χ0n) is 49.0. The molecule has 0 bridgehead atoms. The molecule has 0 N–H and O–H groups in total. The SMILES string of the molecule is C[Si](C)(C)[CH]([Sb])[Si](C)(C)C.C[Si](C)(C)[CH]([Sb])[Si](C)(C)C.C[Si](C)(C)[CH]([Sb])[Si](C)(C)C.C[Si](C)(C)[CH]([Sb])[Si](C)(C)C.C[Si](C)(C)[CH]([Sb])[Si](C)(C)C.C[Si](C)(C)[CH]([Sb])[Si](C)(C)C.[Sb].[Sb]. The first-order chi connectivity index (χ1) is 24.9. The van der Waals surface area contributed by atoms with E-state index in [4.69, 9.17) is 0 Å². The van der Waals surface area contributed by atoms with Gasteiger partial charge in [-0.2, -0.15) is 0 Å². The summed E-state index contributed by atoms with van der Waals surface area (Å²) in [5.41, 5.74) is 0. The third kappa shape index (κ3) is 48.8. The summed E-state index contributed by atoms with van der Waals surface area (Å²) >= 11 is 12.5. The molecule has 0 saturated carbocycles. The molecule has 0 aliphatic rings. The van der Waals surface area contributed by atoms with Crippen LogP contribution in [0.4, 0.5) is 0 Å². The molecule has 0 aromatic rings. The van der Waals surface area contributed by atoms with Gasteiger partial charge < -0.3 is 0 Å². The molecule has 62 heavy (non-hydrogen) atoms. The zero-order valence-corrected chi connectivity index (χ0v) is 81.5. The van der Waals surface area contributed by atoms with E-state index in [1.54, 1.807) is 0 Å². The molecular weight excluding hydrogens is 1820 g/mol. The molecule has 0 aromatic carbocycles. The van der Waals surface area contributed by atoms with E-state index in [-0.39, 0.29) is 48.9 Å². The summed E-state index contributed by atoms with van der Waals surface area (Å²) in [5.74, 6) is 0. The average Bonchev–Trinajstić information content (AvgIpc) is 2.90. The van der Waals surface area contributed by atoms with Gasteiger partial charge in [0.15, 0.2) is 0 Å². The Hall–Kier alpha value is 9.15. The molecule has 0 fully saturated rings. The molecule has 0 aliphatic heterocycles. The fourth-order valence-corrected chi connectivity index (χ4v) is 70.1. The van der Waals surface area contributed by atoms with Crippen LogP contribution in [0.15, 0.2) is 0 Å². The summed E-state index contributed by atoms with van der Waals surface area (Å²) in [5, 5.41) is 0. The van der Waals surface area contributed by atoms with Gasteiger partial charge in [0.05, 0.1) is 0 Å². The fourth-order valence-electron chi connectivity index (χ4n) is 7.79. The third-order valence-electron chi connectivity index (χ3n) is 9.84. The minimum Gasteiger partial charge on any atom is 0 e. The van der Waals surface area contributed by atoms with E-state index in [1.165, 1.54) is 0 Å². The van der Waals surface area contributed by atoms with Crippen molar-refractivity contribution in [2.45, 2.75) is 254 Å². The predicted molar refractivity (Wildman–Crippen MR) is 349 cm³/mol. The van der Waals surface area contributed by atoms with Crippen LogP contribution in [0.25, 0.3) is 0 Å². The minimum absolute atomic E-state index is 0. The second-order valence-electron chi connectivity index (χ2n) is 30.8. The van der Waals surface area contributed by atoms with Crippen molar-refractivity contribution < 1.29 is 0 Å². The van der Waals surface area contributed by atoms with Gasteiger partial charge in [0.2, 0.25) is 0 Å². The predicted octanol–water partition coefficient (Wildman–Crippen LogP) is 15.4. The molecule has 0 aliphatic carbocycles. The average molecular weight is 1930 g/mol. The Labute approximate surface area is 528 Å². The fraction of sp³-hybridized carbons (Fsp3) is 1.00. The van der Waals surface area contributed by atoms with Gasteiger partial charge in [-0.05, 0) is 0 Å². The van der Waals surface area contributed by atoms with E-state index in [1.807, 2.05) is 0 Å². The Kier molecular flexibility index (Phi) is 48.3. The molecule has 0 amide bonds. The normalized spacial score (nSPS) is 13.9. The monoisotopic (exact) mass is 1920 g/mol. The van der Waals surface area contributed by atoms with Crippen LogP contribution in [0.1, 0.15) is 0 Å². The van der Waals surface area contributed by atoms with Gasteiger partial charge in [-0.1, -0.05) is 0 Å². The summed E-state index contributed by atoms with van der Waals surface area (Å²) in [6.07, 6.45) is 0. The second kappa shape index (κ2) is 34.1. The molecule has 0 spiro atoms. The van der Waals surface area contributed by atoms with Crippen LogP contribution in [-0.4, -0.2) is 284 Å². The number of hydrogen-bond donors (Lipinski definition) is 0. The van der Waals surface area contributed by atoms with Gasteiger partial charge in [0, 0.05) is 48.9 Å². The van der Waals surface area contributed by atoms with E-state index in [0.29, 0.717) is 0 Å². The van der Waals surface area contributed by atoms with Crippen LogP contribution in [-0.2, 0) is 0 Å². The molecule has 0 aromatic heterocycles. The summed E-state index contributed by atoms with van der Waals surface area (Å²) in [6, 6.07) is 0. The van der Waals surface area contributed by atoms with E-state index < -0.39 is 96.9 Å². The standard InChI is InChI=1S/6C7H19Si2.8Sb/c6*1-8(2,3)7-9(4,5)6;;;;;;;;/h6*7H,1-6H3;;;;;;;;. The quantitative estimate of drug-likeness (QED) is 0.171. The van der Waals surface area contributed by atoms with Gasteiger partial charge in [-0.25, -0.2) is 0 Å².